The summed E-state index contributed by atoms with van der Waals surface area (Å²) in [4.78, 5) is 8.09. The zero-order chi connectivity index (χ0) is 25.9. The fraction of sp³-hybridized carbons (Fsp3) is 0.333. The molecule has 0 aliphatic rings. The number of anilines is 1. The molecule has 6 nitrogen and oxygen atoms in total. The molecule has 35 heavy (non-hydrogen) atoms. The molecule has 0 unspecified atom stereocenters. The minimum atomic E-state index is -3.87. The van der Waals surface area contributed by atoms with Gasteiger partial charge < -0.3 is 4.43 Å². The van der Waals surface area contributed by atoms with E-state index in [4.69, 9.17) is 11.0 Å². The van der Waals surface area contributed by atoms with Gasteiger partial charge in [0.05, 0.1) is 24.6 Å². The van der Waals surface area contributed by atoms with Gasteiger partial charge >= 0.3 is 0 Å². The Kier molecular flexibility index (Phi) is 7.85. The molecule has 0 radical (unpaired) electrons. The highest BCUT2D eigenvalue weighted by Gasteiger charge is 2.37. The highest BCUT2D eigenvalue weighted by Crippen LogP contribution is 2.36. The van der Waals surface area contributed by atoms with Crippen LogP contribution in [0.4, 0.5) is 11.5 Å². The molecule has 0 bridgehead atoms. The molecule has 0 atom stereocenters. The van der Waals surface area contributed by atoms with Gasteiger partial charge in [0.25, 0.3) is 10.0 Å². The molecular weight excluding hydrogens is 474 g/mol. The number of nitrogens with zero attached hydrogens (tertiary/aromatic N) is 3. The van der Waals surface area contributed by atoms with Gasteiger partial charge in [-0.25, -0.2) is 22.6 Å². The van der Waals surface area contributed by atoms with E-state index in [1.54, 1.807) is 42.5 Å². The average molecular weight is 508 g/mol. The maximum absolute atomic E-state index is 13.7. The van der Waals surface area contributed by atoms with E-state index < -0.39 is 18.3 Å². The van der Waals surface area contributed by atoms with E-state index >= 15 is 0 Å². The molecule has 3 rings (SSSR count). The van der Waals surface area contributed by atoms with E-state index in [0.29, 0.717) is 11.5 Å². The molecule has 0 saturated carbocycles. The summed E-state index contributed by atoms with van der Waals surface area (Å²) in [5, 5.41) is 0.0289. The van der Waals surface area contributed by atoms with Crippen LogP contribution in [0.1, 0.15) is 26.5 Å². The number of benzene rings is 2. The van der Waals surface area contributed by atoms with Gasteiger partial charge in [-0.2, -0.15) is 0 Å². The van der Waals surface area contributed by atoms with Crippen molar-refractivity contribution in [3.8, 4) is 11.1 Å². The average Bonchev–Trinajstić information content (AvgIpc) is 2.81. The second kappa shape index (κ2) is 10.3. The first-order valence-corrected chi connectivity index (χ1v) is 15.9. The Balaban J connectivity index is 1.90. The fourth-order valence-corrected chi connectivity index (χ4v) is 5.73. The van der Waals surface area contributed by atoms with Gasteiger partial charge in [0.15, 0.2) is 14.0 Å². The van der Waals surface area contributed by atoms with Crippen LogP contribution in [-0.2, 0) is 14.4 Å². The van der Waals surface area contributed by atoms with Crippen LogP contribution in [0, 0.1) is 13.5 Å². The Labute approximate surface area is 210 Å². The van der Waals surface area contributed by atoms with Crippen LogP contribution >= 0.6 is 0 Å². The predicted molar refractivity (Wildman–Crippen MR) is 145 cm³/mol. The largest absolute Gasteiger partial charge is 0.415 e. The Morgan fingerprint density at radius 2 is 1.54 bits per heavy atom. The Morgan fingerprint density at radius 1 is 0.971 bits per heavy atom. The summed E-state index contributed by atoms with van der Waals surface area (Å²) in [7, 11) is -5.90. The lowest BCUT2D eigenvalue weighted by atomic mass is 10.1. The monoisotopic (exact) mass is 507 g/mol. The van der Waals surface area contributed by atoms with E-state index in [9.17, 15) is 8.42 Å². The van der Waals surface area contributed by atoms with Crippen molar-refractivity contribution in [2.24, 2.45) is 0 Å². The number of sulfonamides is 1. The Hall–Kier alpha value is -2.99. The van der Waals surface area contributed by atoms with Crippen LogP contribution in [0.3, 0.4) is 0 Å². The van der Waals surface area contributed by atoms with Crippen molar-refractivity contribution < 1.29 is 12.8 Å². The fourth-order valence-electron chi connectivity index (χ4n) is 3.30. The molecule has 0 N–H and O–H groups in total. The van der Waals surface area contributed by atoms with Gasteiger partial charge in [0.2, 0.25) is 0 Å². The first-order valence-electron chi connectivity index (χ1n) is 11.5. The highest BCUT2D eigenvalue weighted by molar-refractivity contribution is 7.92. The minimum Gasteiger partial charge on any atom is -0.415 e. The molecule has 184 valence electrons. The molecule has 8 heteroatoms. The van der Waals surface area contributed by atoms with E-state index in [1.807, 2.05) is 31.2 Å². The van der Waals surface area contributed by atoms with Crippen molar-refractivity contribution >= 4 is 29.8 Å². The zero-order valence-electron chi connectivity index (χ0n) is 21.2. The second-order valence-electron chi connectivity index (χ2n) is 10.0. The van der Waals surface area contributed by atoms with Gasteiger partial charge in [0, 0.05) is 5.69 Å². The number of rotatable bonds is 8. The molecule has 0 spiro atoms. The third kappa shape index (κ3) is 6.17. The Morgan fingerprint density at radius 3 is 2.06 bits per heavy atom. The molecule has 1 heterocycles. The summed E-state index contributed by atoms with van der Waals surface area (Å²) in [6.07, 6.45) is 0. The standard InChI is InChI=1S/C27H33N3O3SSi/c1-21-9-8-10-26(29-21)30(19-20-33-35(6,7)27(2,3)4)34(31,32)25-17-13-23(14-18-25)22-11-15-24(28-5)16-12-22/h8-18H,19-20H2,1-4,6-7H3. The first kappa shape index (κ1) is 26.6. The van der Waals surface area contributed by atoms with E-state index in [0.717, 1.165) is 16.8 Å². The quantitative estimate of drug-likeness (QED) is 0.248. The van der Waals surface area contributed by atoms with E-state index in [1.165, 1.54) is 4.31 Å². The third-order valence-corrected chi connectivity index (χ3v) is 12.8. The van der Waals surface area contributed by atoms with Crippen LogP contribution < -0.4 is 4.31 Å². The van der Waals surface area contributed by atoms with E-state index in [2.05, 4.69) is 43.7 Å². The molecule has 0 aliphatic carbocycles. The summed E-state index contributed by atoms with van der Waals surface area (Å²) in [5.74, 6) is 0.377. The summed E-state index contributed by atoms with van der Waals surface area (Å²) >= 11 is 0. The zero-order valence-corrected chi connectivity index (χ0v) is 23.1. The van der Waals surface area contributed by atoms with E-state index in [-0.39, 0.29) is 23.1 Å². The maximum Gasteiger partial charge on any atom is 0.265 e. The van der Waals surface area contributed by atoms with Crippen molar-refractivity contribution in [2.45, 2.75) is 50.7 Å². The van der Waals surface area contributed by atoms with Gasteiger partial charge in [-0.15, -0.1) is 0 Å². The third-order valence-electron chi connectivity index (χ3n) is 6.46. The highest BCUT2D eigenvalue weighted by atomic mass is 32.2. The normalized spacial score (nSPS) is 12.3. The molecule has 0 fully saturated rings. The molecular formula is C27H33N3O3SSi. The SMILES string of the molecule is [C-]#[N+]c1ccc(-c2ccc(S(=O)(=O)N(CCO[Si](C)(C)C(C)(C)C)c3cccc(C)n3)cc2)cc1. The van der Waals surface area contributed by atoms with Crippen molar-refractivity contribution in [1.82, 2.24) is 4.98 Å². The second-order valence-corrected chi connectivity index (χ2v) is 16.7. The first-order chi connectivity index (χ1) is 16.3. The van der Waals surface area contributed by atoms with Crippen molar-refractivity contribution in [3.63, 3.8) is 0 Å². The van der Waals surface area contributed by atoms with Gasteiger partial charge in [-0.05, 0) is 60.4 Å². The van der Waals surface area contributed by atoms with Crippen LogP contribution in [-0.4, -0.2) is 34.9 Å². The van der Waals surface area contributed by atoms with Crippen molar-refractivity contribution in [3.05, 3.63) is 83.8 Å². The van der Waals surface area contributed by atoms with Gasteiger partial charge in [-0.1, -0.05) is 63.2 Å². The predicted octanol–water partition coefficient (Wildman–Crippen LogP) is 6.82. The van der Waals surface area contributed by atoms with Crippen LogP contribution in [0.25, 0.3) is 16.0 Å². The summed E-state index contributed by atoms with van der Waals surface area (Å²) < 4.78 is 35.1. The molecule has 0 amide bonds. The molecule has 0 aliphatic heterocycles. The van der Waals surface area contributed by atoms with Gasteiger partial charge in [0.1, 0.15) is 5.82 Å². The lowest BCUT2D eigenvalue weighted by Gasteiger charge is -2.36. The maximum atomic E-state index is 13.7. The van der Waals surface area contributed by atoms with Gasteiger partial charge in [-0.3, -0.25) is 0 Å². The number of pyridine rings is 1. The smallest absolute Gasteiger partial charge is 0.265 e. The molecule has 2 aromatic carbocycles. The minimum absolute atomic E-state index is 0.0289. The molecule has 3 aromatic rings. The van der Waals surface area contributed by atoms with Crippen LogP contribution in [0.5, 0.6) is 0 Å². The van der Waals surface area contributed by atoms with Crippen LogP contribution in [0.15, 0.2) is 71.6 Å². The molecule has 0 saturated heterocycles. The van der Waals surface area contributed by atoms with Crippen molar-refractivity contribution in [2.75, 3.05) is 17.5 Å². The lowest BCUT2D eigenvalue weighted by Crippen LogP contribution is -2.43. The lowest BCUT2D eigenvalue weighted by molar-refractivity contribution is 0.298. The van der Waals surface area contributed by atoms with Crippen molar-refractivity contribution in [1.29, 1.82) is 0 Å². The summed E-state index contributed by atoms with van der Waals surface area (Å²) in [6.45, 7) is 20.2. The molecule has 1 aromatic heterocycles. The number of aromatic nitrogens is 1. The number of aryl methyl sites for hydroxylation is 1. The topological polar surface area (TPSA) is 63.9 Å². The van der Waals surface area contributed by atoms with Crippen LogP contribution in [0.2, 0.25) is 18.1 Å². The summed E-state index contributed by atoms with van der Waals surface area (Å²) in [5.41, 5.74) is 3.10. The summed E-state index contributed by atoms with van der Waals surface area (Å²) in [6, 6.07) is 19.4. The number of hydrogen-bond acceptors (Lipinski definition) is 4. The Bertz CT molecular complexity index is 1310. The number of hydrogen-bond donors (Lipinski definition) is 0.